The average molecular weight is 255 g/mol. The van der Waals surface area contributed by atoms with E-state index in [4.69, 9.17) is 0 Å². The maximum atomic E-state index is 12.5. The van der Waals surface area contributed by atoms with Crippen molar-refractivity contribution < 1.29 is 8.42 Å². The number of pyridine rings is 1. The Morgan fingerprint density at radius 2 is 2.29 bits per heavy atom. The summed E-state index contributed by atoms with van der Waals surface area (Å²) in [6.45, 7) is 2.54. The quantitative estimate of drug-likeness (QED) is 0.884. The molecule has 1 aliphatic rings. The van der Waals surface area contributed by atoms with E-state index >= 15 is 0 Å². The molecular weight excluding hydrogens is 238 g/mol. The standard InChI is InChI=1S/C11H17N3O2S/c1-9-4-3-7-14(9)17(15,16)11-8-13-6-5-10(11)12-2/h5-6,8-9H,3-4,7H2,1-2H3,(H,12,13). The number of sulfonamides is 1. The molecule has 0 amide bonds. The molecule has 2 rings (SSSR count). The van der Waals surface area contributed by atoms with Gasteiger partial charge >= 0.3 is 0 Å². The summed E-state index contributed by atoms with van der Waals surface area (Å²) >= 11 is 0. The number of rotatable bonds is 3. The van der Waals surface area contributed by atoms with Crippen LogP contribution in [-0.2, 0) is 10.0 Å². The monoisotopic (exact) mass is 255 g/mol. The maximum absolute atomic E-state index is 12.5. The van der Waals surface area contributed by atoms with Crippen molar-refractivity contribution in [3.05, 3.63) is 18.5 Å². The lowest BCUT2D eigenvalue weighted by Crippen LogP contribution is -2.34. The summed E-state index contributed by atoms with van der Waals surface area (Å²) in [5, 5.41) is 2.89. The summed E-state index contributed by atoms with van der Waals surface area (Å²) < 4.78 is 26.5. The zero-order valence-corrected chi connectivity index (χ0v) is 10.9. The first-order valence-corrected chi connectivity index (χ1v) is 7.15. The Hall–Kier alpha value is -1.14. The fraction of sp³-hybridized carbons (Fsp3) is 0.545. The van der Waals surface area contributed by atoms with Gasteiger partial charge in [-0.05, 0) is 25.8 Å². The minimum atomic E-state index is -3.42. The second-order valence-corrected chi connectivity index (χ2v) is 6.09. The van der Waals surface area contributed by atoms with E-state index < -0.39 is 10.0 Å². The molecule has 1 aliphatic heterocycles. The fourth-order valence-electron chi connectivity index (χ4n) is 2.18. The zero-order chi connectivity index (χ0) is 12.5. The van der Waals surface area contributed by atoms with Crippen molar-refractivity contribution in [3.8, 4) is 0 Å². The van der Waals surface area contributed by atoms with Gasteiger partial charge in [0.1, 0.15) is 4.90 Å². The molecule has 0 saturated carbocycles. The molecule has 0 spiro atoms. The molecule has 1 aromatic heterocycles. The Balaban J connectivity index is 2.44. The molecule has 0 aliphatic carbocycles. The third-order valence-corrected chi connectivity index (χ3v) is 5.17. The number of hydrogen-bond acceptors (Lipinski definition) is 4. The van der Waals surface area contributed by atoms with Crippen LogP contribution in [0.5, 0.6) is 0 Å². The summed E-state index contributed by atoms with van der Waals surface area (Å²) in [6.07, 6.45) is 4.84. The Morgan fingerprint density at radius 3 is 2.88 bits per heavy atom. The predicted octanol–water partition coefficient (Wildman–Crippen LogP) is 1.30. The first-order chi connectivity index (χ1) is 8.07. The van der Waals surface area contributed by atoms with Crippen molar-refractivity contribution in [2.75, 3.05) is 18.9 Å². The minimum Gasteiger partial charge on any atom is -0.387 e. The van der Waals surface area contributed by atoms with Crippen molar-refractivity contribution in [3.63, 3.8) is 0 Å². The highest BCUT2D eigenvalue weighted by atomic mass is 32.2. The number of nitrogens with one attached hydrogen (secondary N) is 1. The van der Waals surface area contributed by atoms with E-state index in [0.29, 0.717) is 12.2 Å². The Kier molecular flexibility index (Phi) is 3.35. The maximum Gasteiger partial charge on any atom is 0.246 e. The molecule has 1 saturated heterocycles. The number of anilines is 1. The highest BCUT2D eigenvalue weighted by Crippen LogP contribution is 2.28. The van der Waals surface area contributed by atoms with Gasteiger partial charge in [0, 0.05) is 32.0 Å². The van der Waals surface area contributed by atoms with Gasteiger partial charge in [0.2, 0.25) is 10.0 Å². The Bertz CT molecular complexity index is 501. The van der Waals surface area contributed by atoms with Crippen LogP contribution in [0.25, 0.3) is 0 Å². The molecule has 0 bridgehead atoms. The fourth-order valence-corrected chi connectivity index (χ4v) is 4.03. The molecule has 5 nitrogen and oxygen atoms in total. The van der Waals surface area contributed by atoms with Crippen LogP contribution in [0.1, 0.15) is 19.8 Å². The van der Waals surface area contributed by atoms with Crippen molar-refractivity contribution in [2.45, 2.75) is 30.7 Å². The minimum absolute atomic E-state index is 0.0740. The van der Waals surface area contributed by atoms with Crippen molar-refractivity contribution in [1.82, 2.24) is 9.29 Å². The van der Waals surface area contributed by atoms with Gasteiger partial charge in [0.25, 0.3) is 0 Å². The average Bonchev–Trinajstić information content (AvgIpc) is 2.76. The normalized spacial score (nSPS) is 21.6. The highest BCUT2D eigenvalue weighted by Gasteiger charge is 2.34. The molecule has 1 N–H and O–H groups in total. The molecule has 1 fully saturated rings. The summed E-state index contributed by atoms with van der Waals surface area (Å²) in [5.41, 5.74) is 0.596. The Labute approximate surface area is 102 Å². The SMILES string of the molecule is CNc1ccncc1S(=O)(=O)N1CCCC1C. The van der Waals surface area contributed by atoms with Gasteiger partial charge in [-0.3, -0.25) is 4.98 Å². The van der Waals surface area contributed by atoms with E-state index in [1.807, 2.05) is 6.92 Å². The molecule has 2 heterocycles. The molecule has 0 radical (unpaired) electrons. The molecule has 1 unspecified atom stereocenters. The number of aromatic nitrogens is 1. The van der Waals surface area contributed by atoms with E-state index in [1.54, 1.807) is 23.6 Å². The van der Waals surface area contributed by atoms with Crippen LogP contribution in [0.3, 0.4) is 0 Å². The second kappa shape index (κ2) is 4.62. The van der Waals surface area contributed by atoms with Crippen LogP contribution in [0.15, 0.2) is 23.4 Å². The first-order valence-electron chi connectivity index (χ1n) is 5.71. The van der Waals surface area contributed by atoms with Gasteiger partial charge in [0.15, 0.2) is 0 Å². The predicted molar refractivity (Wildman–Crippen MR) is 66.4 cm³/mol. The lowest BCUT2D eigenvalue weighted by atomic mass is 10.3. The van der Waals surface area contributed by atoms with Gasteiger partial charge in [-0.2, -0.15) is 4.31 Å². The van der Waals surface area contributed by atoms with Crippen LogP contribution < -0.4 is 5.32 Å². The van der Waals surface area contributed by atoms with Crippen LogP contribution in [0, 0.1) is 0 Å². The summed E-state index contributed by atoms with van der Waals surface area (Å²) in [5.74, 6) is 0. The third-order valence-electron chi connectivity index (χ3n) is 3.13. The van der Waals surface area contributed by atoms with Gasteiger partial charge in [-0.1, -0.05) is 0 Å². The second-order valence-electron chi connectivity index (χ2n) is 4.23. The third kappa shape index (κ3) is 2.14. The van der Waals surface area contributed by atoms with E-state index in [-0.39, 0.29) is 10.9 Å². The molecule has 1 atom stereocenters. The van der Waals surface area contributed by atoms with E-state index in [1.165, 1.54) is 6.20 Å². The molecule has 94 valence electrons. The van der Waals surface area contributed by atoms with E-state index in [9.17, 15) is 8.42 Å². The zero-order valence-electron chi connectivity index (χ0n) is 10.0. The van der Waals surface area contributed by atoms with Gasteiger partial charge < -0.3 is 5.32 Å². The molecule has 17 heavy (non-hydrogen) atoms. The van der Waals surface area contributed by atoms with Crippen LogP contribution in [0.4, 0.5) is 5.69 Å². The van der Waals surface area contributed by atoms with Gasteiger partial charge in [-0.25, -0.2) is 8.42 Å². The lowest BCUT2D eigenvalue weighted by Gasteiger charge is -2.22. The van der Waals surface area contributed by atoms with Crippen molar-refractivity contribution >= 4 is 15.7 Å². The van der Waals surface area contributed by atoms with Gasteiger partial charge in [0.05, 0.1) is 5.69 Å². The van der Waals surface area contributed by atoms with Crippen LogP contribution in [0.2, 0.25) is 0 Å². The largest absolute Gasteiger partial charge is 0.387 e. The molecule has 0 aromatic carbocycles. The van der Waals surface area contributed by atoms with Crippen molar-refractivity contribution in [1.29, 1.82) is 0 Å². The highest BCUT2D eigenvalue weighted by molar-refractivity contribution is 7.89. The topological polar surface area (TPSA) is 62.3 Å². The number of nitrogens with zero attached hydrogens (tertiary/aromatic N) is 2. The molecular formula is C11H17N3O2S. The van der Waals surface area contributed by atoms with E-state index in [0.717, 1.165) is 12.8 Å². The molecule has 1 aromatic rings. The van der Waals surface area contributed by atoms with E-state index in [2.05, 4.69) is 10.3 Å². The molecule has 6 heteroatoms. The summed E-state index contributed by atoms with van der Waals surface area (Å²) in [6, 6.07) is 1.75. The first kappa shape index (κ1) is 12.3. The summed E-state index contributed by atoms with van der Waals surface area (Å²) in [7, 11) is -1.71. The summed E-state index contributed by atoms with van der Waals surface area (Å²) in [4.78, 5) is 4.17. The van der Waals surface area contributed by atoms with Crippen molar-refractivity contribution in [2.24, 2.45) is 0 Å². The van der Waals surface area contributed by atoms with Crippen LogP contribution >= 0.6 is 0 Å². The van der Waals surface area contributed by atoms with Gasteiger partial charge in [-0.15, -0.1) is 0 Å². The smallest absolute Gasteiger partial charge is 0.246 e. The number of hydrogen-bond donors (Lipinski definition) is 1. The van der Waals surface area contributed by atoms with Crippen LogP contribution in [-0.4, -0.2) is 37.3 Å². The Morgan fingerprint density at radius 1 is 1.53 bits per heavy atom. The lowest BCUT2D eigenvalue weighted by molar-refractivity contribution is 0.408.